The highest BCUT2D eigenvalue weighted by molar-refractivity contribution is 6.29. The molecule has 0 unspecified atom stereocenters. The summed E-state index contributed by atoms with van der Waals surface area (Å²) in [5.74, 6) is 0. The van der Waals surface area contributed by atoms with Crippen LogP contribution in [-0.2, 0) is 0 Å². The van der Waals surface area contributed by atoms with Gasteiger partial charge in [-0.25, -0.2) is 0 Å². The maximum atomic E-state index is 5.73. The number of hydrogen-bond acceptors (Lipinski definition) is 1. The summed E-state index contributed by atoms with van der Waals surface area (Å²) in [6.45, 7) is 2.08. The summed E-state index contributed by atoms with van der Waals surface area (Å²) in [7, 11) is 2.08. The highest BCUT2D eigenvalue weighted by Gasteiger charge is 2.03. The smallest absolute Gasteiger partial charge is 0.0335 e. The van der Waals surface area contributed by atoms with Crippen LogP contribution in [0.4, 0.5) is 0 Å². The van der Waals surface area contributed by atoms with Gasteiger partial charge in [-0.1, -0.05) is 17.7 Å². The van der Waals surface area contributed by atoms with E-state index >= 15 is 0 Å². The molecule has 8 heavy (non-hydrogen) atoms. The van der Waals surface area contributed by atoms with Crippen molar-refractivity contribution in [2.24, 2.45) is 0 Å². The van der Waals surface area contributed by atoms with Gasteiger partial charge in [0.05, 0.1) is 0 Å². The molecule has 0 aliphatic carbocycles. The molecule has 1 aliphatic rings. The average Bonchev–Trinajstić information content (AvgIpc) is 1.64. The van der Waals surface area contributed by atoms with E-state index in [1.807, 2.05) is 0 Å². The van der Waals surface area contributed by atoms with Gasteiger partial charge in [-0.2, -0.15) is 0 Å². The van der Waals surface area contributed by atoms with Gasteiger partial charge >= 0.3 is 0 Å². The lowest BCUT2D eigenvalue weighted by Gasteiger charge is -2.18. The Labute approximate surface area is 54.9 Å². The molecule has 46 valence electrons. The number of nitrogens with zero attached hydrogens (tertiary/aromatic N) is 1. The predicted octanol–water partition coefficient (Wildman–Crippen LogP) is 1.44. The Hall–Kier alpha value is -0.0100. The Morgan fingerprint density at radius 2 is 2.50 bits per heavy atom. The normalized spacial score (nSPS) is 23.0. The molecule has 0 amide bonds. The summed E-state index contributed by atoms with van der Waals surface area (Å²) >= 11 is 5.73. The molecule has 0 aromatic carbocycles. The molecule has 0 saturated carbocycles. The largest absolute Gasteiger partial charge is 0.301 e. The second-order valence-corrected chi connectivity index (χ2v) is 2.66. The first-order valence-corrected chi connectivity index (χ1v) is 3.20. The van der Waals surface area contributed by atoms with Crippen molar-refractivity contribution in [2.45, 2.75) is 6.42 Å². The molecule has 0 saturated heterocycles. The first-order valence-electron chi connectivity index (χ1n) is 2.82. The van der Waals surface area contributed by atoms with Crippen LogP contribution >= 0.6 is 11.6 Å². The molecule has 0 bridgehead atoms. The van der Waals surface area contributed by atoms with Gasteiger partial charge in [-0.3, -0.25) is 0 Å². The minimum absolute atomic E-state index is 0.932. The Morgan fingerprint density at radius 3 is 2.88 bits per heavy atom. The van der Waals surface area contributed by atoms with Crippen molar-refractivity contribution in [1.29, 1.82) is 0 Å². The van der Waals surface area contributed by atoms with Crippen LogP contribution in [0.1, 0.15) is 6.42 Å². The minimum Gasteiger partial charge on any atom is -0.301 e. The molecule has 1 rings (SSSR count). The van der Waals surface area contributed by atoms with Crippen molar-refractivity contribution in [3.05, 3.63) is 11.1 Å². The number of likely N-dealkylation sites (N-methyl/N-ethyl adjacent to an activating group) is 1. The van der Waals surface area contributed by atoms with E-state index in [1.165, 1.54) is 0 Å². The summed E-state index contributed by atoms with van der Waals surface area (Å²) in [5.41, 5.74) is 0. The first kappa shape index (κ1) is 6.12. The van der Waals surface area contributed by atoms with E-state index in [4.69, 9.17) is 11.6 Å². The molecule has 2 heteroatoms. The molecule has 0 spiro atoms. The number of halogens is 1. The summed E-state index contributed by atoms with van der Waals surface area (Å²) in [6, 6.07) is 0. The van der Waals surface area contributed by atoms with Crippen molar-refractivity contribution in [2.75, 3.05) is 20.1 Å². The Morgan fingerprint density at radius 1 is 1.75 bits per heavy atom. The van der Waals surface area contributed by atoms with E-state index in [0.29, 0.717) is 0 Å². The highest BCUT2D eigenvalue weighted by atomic mass is 35.5. The third-order valence-electron chi connectivity index (χ3n) is 1.30. The molecule has 1 nitrogen and oxygen atoms in total. The third kappa shape index (κ3) is 1.49. The molecular formula is C6H10ClN. The van der Waals surface area contributed by atoms with E-state index in [9.17, 15) is 0 Å². The second-order valence-electron chi connectivity index (χ2n) is 2.18. The fourth-order valence-electron chi connectivity index (χ4n) is 0.843. The zero-order chi connectivity index (χ0) is 5.98. The third-order valence-corrected chi connectivity index (χ3v) is 1.57. The SMILES string of the molecule is CN1CCC=C(Cl)C1. The van der Waals surface area contributed by atoms with Crippen LogP contribution in [0.2, 0.25) is 0 Å². The van der Waals surface area contributed by atoms with Crippen LogP contribution in [0, 0.1) is 0 Å². The minimum atomic E-state index is 0.932. The fourth-order valence-corrected chi connectivity index (χ4v) is 1.16. The zero-order valence-corrected chi connectivity index (χ0v) is 5.78. The number of hydrogen-bond donors (Lipinski definition) is 0. The molecule has 1 heterocycles. The Balaban J connectivity index is 2.45. The maximum Gasteiger partial charge on any atom is 0.0335 e. The van der Waals surface area contributed by atoms with E-state index in [1.54, 1.807) is 0 Å². The molecule has 0 N–H and O–H groups in total. The van der Waals surface area contributed by atoms with E-state index in [-0.39, 0.29) is 0 Å². The van der Waals surface area contributed by atoms with Crippen LogP contribution in [0.15, 0.2) is 11.1 Å². The van der Waals surface area contributed by atoms with E-state index in [2.05, 4.69) is 18.0 Å². The lowest BCUT2D eigenvalue weighted by atomic mass is 10.3. The molecule has 0 aromatic rings. The van der Waals surface area contributed by atoms with Crippen molar-refractivity contribution >= 4 is 11.6 Å². The quantitative estimate of drug-likeness (QED) is 0.481. The van der Waals surface area contributed by atoms with Gasteiger partial charge < -0.3 is 4.90 Å². The number of rotatable bonds is 0. The van der Waals surface area contributed by atoms with Crippen molar-refractivity contribution < 1.29 is 0 Å². The average molecular weight is 132 g/mol. The topological polar surface area (TPSA) is 3.24 Å². The fraction of sp³-hybridized carbons (Fsp3) is 0.667. The summed E-state index contributed by atoms with van der Waals surface area (Å²) < 4.78 is 0. The predicted molar refractivity (Wildman–Crippen MR) is 36.1 cm³/mol. The van der Waals surface area contributed by atoms with Gasteiger partial charge in [0, 0.05) is 18.1 Å². The zero-order valence-electron chi connectivity index (χ0n) is 5.02. The van der Waals surface area contributed by atoms with Crippen LogP contribution in [-0.4, -0.2) is 25.0 Å². The highest BCUT2D eigenvalue weighted by Crippen LogP contribution is 2.09. The first-order chi connectivity index (χ1) is 3.79. The Bertz CT molecular complexity index is 109. The maximum absolute atomic E-state index is 5.73. The van der Waals surface area contributed by atoms with Crippen LogP contribution in [0.3, 0.4) is 0 Å². The summed E-state index contributed by atoms with van der Waals surface area (Å²) in [5, 5.41) is 0.985. The Kier molecular flexibility index (Phi) is 1.92. The lowest BCUT2D eigenvalue weighted by Crippen LogP contribution is -2.23. The van der Waals surface area contributed by atoms with Gasteiger partial charge in [0.1, 0.15) is 0 Å². The van der Waals surface area contributed by atoms with E-state index < -0.39 is 0 Å². The second kappa shape index (κ2) is 2.51. The van der Waals surface area contributed by atoms with E-state index in [0.717, 1.165) is 24.5 Å². The van der Waals surface area contributed by atoms with Crippen molar-refractivity contribution in [3.63, 3.8) is 0 Å². The molecule has 0 atom stereocenters. The van der Waals surface area contributed by atoms with Crippen LogP contribution in [0.5, 0.6) is 0 Å². The molecular weight excluding hydrogens is 122 g/mol. The van der Waals surface area contributed by atoms with Gasteiger partial charge in [0.25, 0.3) is 0 Å². The molecule has 0 aromatic heterocycles. The van der Waals surface area contributed by atoms with Gasteiger partial charge in [0.15, 0.2) is 0 Å². The molecule has 1 aliphatic heterocycles. The summed E-state index contributed by atoms with van der Waals surface area (Å²) in [6.07, 6.45) is 3.19. The van der Waals surface area contributed by atoms with Gasteiger partial charge in [-0.05, 0) is 13.5 Å². The van der Waals surface area contributed by atoms with Gasteiger partial charge in [-0.15, -0.1) is 0 Å². The van der Waals surface area contributed by atoms with Crippen molar-refractivity contribution in [3.8, 4) is 0 Å². The van der Waals surface area contributed by atoms with Crippen molar-refractivity contribution in [1.82, 2.24) is 4.90 Å². The van der Waals surface area contributed by atoms with Gasteiger partial charge in [0.2, 0.25) is 0 Å². The van der Waals surface area contributed by atoms with Crippen LogP contribution < -0.4 is 0 Å². The lowest BCUT2D eigenvalue weighted by molar-refractivity contribution is 0.362. The summed E-state index contributed by atoms with van der Waals surface area (Å²) in [4.78, 5) is 2.21. The molecule has 0 fully saturated rings. The standard InChI is InChI=1S/C6H10ClN/c1-8-4-2-3-6(7)5-8/h3H,2,4-5H2,1H3. The van der Waals surface area contributed by atoms with Crippen LogP contribution in [0.25, 0.3) is 0 Å². The molecule has 0 radical (unpaired) electrons. The monoisotopic (exact) mass is 131 g/mol.